The van der Waals surface area contributed by atoms with E-state index in [9.17, 15) is 4.79 Å². The summed E-state index contributed by atoms with van der Waals surface area (Å²) in [5.74, 6) is 1.79. The predicted octanol–water partition coefficient (Wildman–Crippen LogP) is 2.40. The molecule has 1 saturated heterocycles. The Morgan fingerprint density at radius 2 is 1.95 bits per heavy atom. The van der Waals surface area contributed by atoms with Crippen molar-refractivity contribution in [3.8, 4) is 5.75 Å². The van der Waals surface area contributed by atoms with Crippen molar-refractivity contribution >= 4 is 11.6 Å². The summed E-state index contributed by atoms with van der Waals surface area (Å²) in [4.78, 5) is 14.4. The van der Waals surface area contributed by atoms with E-state index >= 15 is 0 Å². The van der Waals surface area contributed by atoms with Gasteiger partial charge < -0.3 is 15.4 Å². The summed E-state index contributed by atoms with van der Waals surface area (Å²) in [7, 11) is 1.57. The summed E-state index contributed by atoms with van der Waals surface area (Å²) in [5.41, 5.74) is 7.00. The Balaban J connectivity index is 2.17. The summed E-state index contributed by atoms with van der Waals surface area (Å²) in [6.45, 7) is 6.04. The molecule has 19 heavy (non-hydrogen) atoms. The molecule has 0 radical (unpaired) electrons. The minimum atomic E-state index is 0.0627. The molecule has 1 aromatic rings. The number of rotatable bonds is 2. The maximum atomic E-state index is 12.5. The van der Waals surface area contributed by atoms with Gasteiger partial charge in [-0.1, -0.05) is 13.8 Å². The summed E-state index contributed by atoms with van der Waals surface area (Å²) < 4.78 is 5.11. The normalized spacial score (nSPS) is 23.2. The lowest BCUT2D eigenvalue weighted by Crippen LogP contribution is -2.42. The van der Waals surface area contributed by atoms with Crippen molar-refractivity contribution in [2.24, 2.45) is 11.8 Å². The first-order valence-corrected chi connectivity index (χ1v) is 6.74. The predicted molar refractivity (Wildman–Crippen MR) is 76.3 cm³/mol. The number of nitrogens with zero attached hydrogens (tertiary/aromatic N) is 1. The van der Waals surface area contributed by atoms with Crippen molar-refractivity contribution in [1.29, 1.82) is 0 Å². The van der Waals surface area contributed by atoms with E-state index in [0.717, 1.165) is 13.1 Å². The third kappa shape index (κ3) is 3.00. The van der Waals surface area contributed by atoms with Crippen molar-refractivity contribution in [2.75, 3.05) is 25.9 Å². The average Bonchev–Trinajstić information content (AvgIpc) is 2.36. The fraction of sp³-hybridized carbons (Fsp3) is 0.533. The number of piperidine rings is 1. The van der Waals surface area contributed by atoms with Crippen LogP contribution in [-0.2, 0) is 0 Å². The molecule has 0 aromatic heterocycles. The number of nitrogen functional groups attached to an aromatic ring is 1. The molecule has 4 nitrogen and oxygen atoms in total. The Kier molecular flexibility index (Phi) is 3.98. The van der Waals surface area contributed by atoms with Crippen molar-refractivity contribution in [3.63, 3.8) is 0 Å². The van der Waals surface area contributed by atoms with Crippen LogP contribution in [0.4, 0.5) is 5.69 Å². The Morgan fingerprint density at radius 1 is 1.32 bits per heavy atom. The van der Waals surface area contributed by atoms with E-state index in [0.29, 0.717) is 28.8 Å². The smallest absolute Gasteiger partial charge is 0.253 e. The maximum Gasteiger partial charge on any atom is 0.253 e. The highest BCUT2D eigenvalue weighted by atomic mass is 16.5. The fourth-order valence-electron chi connectivity index (χ4n) is 2.88. The van der Waals surface area contributed by atoms with Crippen molar-refractivity contribution < 1.29 is 9.53 Å². The first kappa shape index (κ1) is 13.7. The zero-order chi connectivity index (χ0) is 14.0. The molecule has 1 heterocycles. The molecule has 0 saturated carbocycles. The summed E-state index contributed by atoms with van der Waals surface area (Å²) in [6.07, 6.45) is 1.19. The molecule has 4 heteroatoms. The summed E-state index contributed by atoms with van der Waals surface area (Å²) in [5, 5.41) is 0. The molecule has 1 amide bonds. The van der Waals surface area contributed by atoms with Gasteiger partial charge in [-0.15, -0.1) is 0 Å². The third-order valence-electron chi connectivity index (χ3n) is 3.63. The highest BCUT2D eigenvalue weighted by Gasteiger charge is 2.26. The topological polar surface area (TPSA) is 55.6 Å². The largest absolute Gasteiger partial charge is 0.495 e. The number of methoxy groups -OCH3 is 1. The quantitative estimate of drug-likeness (QED) is 0.833. The number of ether oxygens (including phenoxy) is 1. The van der Waals surface area contributed by atoms with Crippen LogP contribution in [0.25, 0.3) is 0 Å². The number of hydrogen-bond donors (Lipinski definition) is 1. The molecule has 104 valence electrons. The van der Waals surface area contributed by atoms with Crippen molar-refractivity contribution in [2.45, 2.75) is 20.3 Å². The second kappa shape index (κ2) is 5.51. The molecule has 2 N–H and O–H groups in total. The average molecular weight is 262 g/mol. The van der Waals surface area contributed by atoms with Crippen LogP contribution in [0, 0.1) is 11.8 Å². The number of hydrogen-bond acceptors (Lipinski definition) is 3. The van der Waals surface area contributed by atoms with Crippen LogP contribution in [0.15, 0.2) is 18.2 Å². The molecule has 0 bridgehead atoms. The minimum absolute atomic E-state index is 0.0627. The fourth-order valence-corrected chi connectivity index (χ4v) is 2.88. The first-order valence-electron chi connectivity index (χ1n) is 6.74. The Morgan fingerprint density at radius 3 is 2.47 bits per heavy atom. The van der Waals surface area contributed by atoms with Gasteiger partial charge in [-0.3, -0.25) is 4.79 Å². The molecular formula is C15H22N2O2. The Bertz CT molecular complexity index is 463. The van der Waals surface area contributed by atoms with Gasteiger partial charge in [0.05, 0.1) is 12.8 Å². The van der Waals surface area contributed by atoms with E-state index in [4.69, 9.17) is 10.5 Å². The van der Waals surface area contributed by atoms with E-state index < -0.39 is 0 Å². The maximum absolute atomic E-state index is 12.5. The van der Waals surface area contributed by atoms with Gasteiger partial charge in [0.25, 0.3) is 5.91 Å². The molecule has 1 fully saturated rings. The van der Waals surface area contributed by atoms with E-state index in [1.165, 1.54) is 6.42 Å². The number of amides is 1. The van der Waals surface area contributed by atoms with Gasteiger partial charge in [0.2, 0.25) is 0 Å². The van der Waals surface area contributed by atoms with Crippen LogP contribution in [-0.4, -0.2) is 31.0 Å². The van der Waals surface area contributed by atoms with Gasteiger partial charge in [-0.25, -0.2) is 0 Å². The zero-order valence-electron chi connectivity index (χ0n) is 11.8. The van der Waals surface area contributed by atoms with Crippen LogP contribution in [0.3, 0.4) is 0 Å². The Hall–Kier alpha value is -1.71. The second-order valence-electron chi connectivity index (χ2n) is 5.61. The van der Waals surface area contributed by atoms with E-state index in [1.807, 2.05) is 4.90 Å². The standard InChI is InChI=1S/C15H22N2O2/c1-10-6-11(2)9-17(8-10)15(18)12-4-5-14(19-3)13(16)7-12/h4-5,7,10-11H,6,8-9,16H2,1-3H3/t10-,11+. The van der Waals surface area contributed by atoms with Gasteiger partial charge in [-0.2, -0.15) is 0 Å². The summed E-state index contributed by atoms with van der Waals surface area (Å²) in [6, 6.07) is 5.23. The monoisotopic (exact) mass is 262 g/mol. The highest BCUT2D eigenvalue weighted by Crippen LogP contribution is 2.25. The van der Waals surface area contributed by atoms with Gasteiger partial charge in [-0.05, 0) is 36.5 Å². The first-order chi connectivity index (χ1) is 9.01. The van der Waals surface area contributed by atoms with Gasteiger partial charge in [0, 0.05) is 18.7 Å². The van der Waals surface area contributed by atoms with Crippen LogP contribution < -0.4 is 10.5 Å². The van der Waals surface area contributed by atoms with E-state index in [-0.39, 0.29) is 5.91 Å². The molecule has 2 rings (SSSR count). The number of anilines is 1. The number of carbonyl (C=O) groups excluding carboxylic acids is 1. The van der Waals surface area contributed by atoms with Crippen molar-refractivity contribution in [1.82, 2.24) is 4.90 Å². The molecule has 2 atom stereocenters. The molecule has 1 aliphatic heterocycles. The number of benzene rings is 1. The lowest BCUT2D eigenvalue weighted by atomic mass is 9.91. The SMILES string of the molecule is COc1ccc(C(=O)N2C[C@H](C)C[C@H](C)C2)cc1N. The molecule has 0 aliphatic carbocycles. The second-order valence-corrected chi connectivity index (χ2v) is 5.61. The Labute approximate surface area is 114 Å². The van der Waals surface area contributed by atoms with Gasteiger partial charge in [0.1, 0.15) is 5.75 Å². The molecular weight excluding hydrogens is 240 g/mol. The number of nitrogens with two attached hydrogens (primary N) is 1. The van der Waals surface area contributed by atoms with Crippen LogP contribution >= 0.6 is 0 Å². The van der Waals surface area contributed by atoms with Crippen molar-refractivity contribution in [3.05, 3.63) is 23.8 Å². The van der Waals surface area contributed by atoms with E-state index in [2.05, 4.69) is 13.8 Å². The zero-order valence-corrected chi connectivity index (χ0v) is 11.8. The summed E-state index contributed by atoms with van der Waals surface area (Å²) >= 11 is 0. The van der Waals surface area contributed by atoms with Crippen LogP contribution in [0.5, 0.6) is 5.75 Å². The van der Waals surface area contributed by atoms with E-state index in [1.54, 1.807) is 25.3 Å². The third-order valence-corrected chi connectivity index (χ3v) is 3.63. The van der Waals surface area contributed by atoms with Crippen LogP contribution in [0.1, 0.15) is 30.6 Å². The molecule has 1 aromatic carbocycles. The lowest BCUT2D eigenvalue weighted by Gasteiger charge is -2.35. The molecule has 1 aliphatic rings. The minimum Gasteiger partial charge on any atom is -0.495 e. The van der Waals surface area contributed by atoms with Crippen LogP contribution in [0.2, 0.25) is 0 Å². The van der Waals surface area contributed by atoms with Gasteiger partial charge >= 0.3 is 0 Å². The van der Waals surface area contributed by atoms with Gasteiger partial charge in [0.15, 0.2) is 0 Å². The molecule has 0 unspecified atom stereocenters. The highest BCUT2D eigenvalue weighted by molar-refractivity contribution is 5.95. The number of carbonyl (C=O) groups is 1. The lowest BCUT2D eigenvalue weighted by molar-refractivity contribution is 0.0623. The number of likely N-dealkylation sites (tertiary alicyclic amines) is 1. The molecule has 0 spiro atoms.